The summed E-state index contributed by atoms with van der Waals surface area (Å²) in [5.41, 5.74) is 1.89. The van der Waals surface area contributed by atoms with E-state index in [9.17, 15) is 4.79 Å². The van der Waals surface area contributed by atoms with Crippen LogP contribution >= 0.6 is 15.9 Å². The summed E-state index contributed by atoms with van der Waals surface area (Å²) in [6, 6.07) is 13.0. The molecule has 0 saturated heterocycles. The van der Waals surface area contributed by atoms with Gasteiger partial charge in [0.1, 0.15) is 18.1 Å². The van der Waals surface area contributed by atoms with Crippen LogP contribution in [0.4, 0.5) is 5.69 Å². The molecule has 0 aliphatic heterocycles. The van der Waals surface area contributed by atoms with E-state index in [1.807, 2.05) is 18.2 Å². The van der Waals surface area contributed by atoms with Gasteiger partial charge in [-0.25, -0.2) is 0 Å². The lowest BCUT2D eigenvalue weighted by atomic mass is 10.2. The zero-order valence-electron chi connectivity index (χ0n) is 14.4. The number of aryl methyl sites for hydroxylation is 1. The monoisotopic (exact) mass is 407 g/mol. The zero-order chi connectivity index (χ0) is 18.1. The topological polar surface area (TPSA) is 56.8 Å². The molecule has 1 amide bonds. The molecule has 134 valence electrons. The van der Waals surface area contributed by atoms with Crippen molar-refractivity contribution in [2.45, 2.75) is 13.3 Å². The minimum atomic E-state index is -0.223. The number of carbonyl (C=O) groups excluding carboxylic acids is 1. The summed E-state index contributed by atoms with van der Waals surface area (Å²) < 4.78 is 16.8. The third kappa shape index (κ3) is 6.40. The maximum absolute atomic E-state index is 12.0. The molecule has 6 heteroatoms. The molecular weight excluding hydrogens is 386 g/mol. The molecule has 5 nitrogen and oxygen atoms in total. The van der Waals surface area contributed by atoms with E-state index in [0.29, 0.717) is 24.7 Å². The van der Waals surface area contributed by atoms with Crippen LogP contribution < -0.4 is 14.8 Å². The largest absolute Gasteiger partial charge is 0.491 e. The van der Waals surface area contributed by atoms with Crippen LogP contribution in [0.2, 0.25) is 0 Å². The van der Waals surface area contributed by atoms with Gasteiger partial charge >= 0.3 is 0 Å². The van der Waals surface area contributed by atoms with Gasteiger partial charge in [0.05, 0.1) is 11.1 Å². The summed E-state index contributed by atoms with van der Waals surface area (Å²) >= 11 is 3.46. The quantitative estimate of drug-likeness (QED) is 0.636. The molecule has 0 aliphatic rings. The molecule has 2 rings (SSSR count). The summed E-state index contributed by atoms with van der Waals surface area (Å²) in [6.45, 7) is 3.05. The fourth-order valence-corrected chi connectivity index (χ4v) is 2.64. The minimum absolute atomic E-state index is 0.0594. The fourth-order valence-electron chi connectivity index (χ4n) is 2.10. The van der Waals surface area contributed by atoms with Crippen molar-refractivity contribution in [3.8, 4) is 11.5 Å². The lowest BCUT2D eigenvalue weighted by molar-refractivity contribution is -0.118. The number of nitrogens with one attached hydrogen (secondary N) is 1. The number of hydrogen-bond donors (Lipinski definition) is 1. The van der Waals surface area contributed by atoms with Crippen LogP contribution in [0.5, 0.6) is 11.5 Å². The molecule has 0 bridgehead atoms. The van der Waals surface area contributed by atoms with Crippen molar-refractivity contribution in [1.29, 1.82) is 0 Å². The Morgan fingerprint density at radius 2 is 1.84 bits per heavy atom. The lowest BCUT2D eigenvalue weighted by Crippen LogP contribution is -2.20. The van der Waals surface area contributed by atoms with Crippen molar-refractivity contribution in [2.75, 3.05) is 32.2 Å². The van der Waals surface area contributed by atoms with Gasteiger partial charge in [0, 0.05) is 12.8 Å². The SMILES string of the molecule is CCc1ccc(OCC(=O)Nc2ccc(OCCOC)cc2)c(Br)c1. The van der Waals surface area contributed by atoms with Crippen LogP contribution in [0.25, 0.3) is 0 Å². The van der Waals surface area contributed by atoms with Crippen molar-refractivity contribution >= 4 is 27.5 Å². The van der Waals surface area contributed by atoms with E-state index in [4.69, 9.17) is 14.2 Å². The standard InChI is InChI=1S/C19H22BrNO4/c1-3-14-4-9-18(17(20)12-14)25-13-19(22)21-15-5-7-16(8-6-15)24-11-10-23-2/h4-9,12H,3,10-11,13H2,1-2H3,(H,21,22). The molecule has 0 spiro atoms. The first-order chi connectivity index (χ1) is 12.1. The molecule has 25 heavy (non-hydrogen) atoms. The predicted molar refractivity (Wildman–Crippen MR) is 101 cm³/mol. The molecule has 0 radical (unpaired) electrons. The first kappa shape index (κ1) is 19.3. The molecule has 0 unspecified atom stereocenters. The van der Waals surface area contributed by atoms with Gasteiger partial charge < -0.3 is 19.5 Å². The number of halogens is 1. The van der Waals surface area contributed by atoms with E-state index in [2.05, 4.69) is 28.2 Å². The number of rotatable bonds is 9. The Kier molecular flexibility index (Phi) is 7.76. The van der Waals surface area contributed by atoms with Crippen molar-refractivity contribution in [2.24, 2.45) is 0 Å². The Morgan fingerprint density at radius 3 is 2.48 bits per heavy atom. The second kappa shape index (κ2) is 10.1. The third-order valence-electron chi connectivity index (χ3n) is 3.46. The van der Waals surface area contributed by atoms with Crippen molar-refractivity contribution in [1.82, 2.24) is 0 Å². The summed E-state index contributed by atoms with van der Waals surface area (Å²) in [5, 5.41) is 2.79. The van der Waals surface area contributed by atoms with Gasteiger partial charge in [-0.15, -0.1) is 0 Å². The highest BCUT2D eigenvalue weighted by Gasteiger charge is 2.07. The van der Waals surface area contributed by atoms with Gasteiger partial charge in [-0.1, -0.05) is 13.0 Å². The van der Waals surface area contributed by atoms with Gasteiger partial charge in [0.2, 0.25) is 0 Å². The Morgan fingerprint density at radius 1 is 1.08 bits per heavy atom. The maximum Gasteiger partial charge on any atom is 0.262 e. The third-order valence-corrected chi connectivity index (χ3v) is 4.08. The number of carbonyl (C=O) groups is 1. The second-order valence-electron chi connectivity index (χ2n) is 5.32. The van der Waals surface area contributed by atoms with E-state index in [1.54, 1.807) is 31.4 Å². The van der Waals surface area contributed by atoms with Crippen molar-refractivity contribution in [3.63, 3.8) is 0 Å². The number of benzene rings is 2. The van der Waals surface area contributed by atoms with Gasteiger partial charge in [0.25, 0.3) is 5.91 Å². The molecule has 1 N–H and O–H groups in total. The van der Waals surface area contributed by atoms with Gasteiger partial charge in [-0.05, 0) is 64.3 Å². The Labute approximate surface area is 156 Å². The Hall–Kier alpha value is -2.05. The highest BCUT2D eigenvalue weighted by Crippen LogP contribution is 2.26. The van der Waals surface area contributed by atoms with Crippen LogP contribution in [0, 0.1) is 0 Å². The zero-order valence-corrected chi connectivity index (χ0v) is 16.0. The normalized spacial score (nSPS) is 10.4. The highest BCUT2D eigenvalue weighted by atomic mass is 79.9. The number of ether oxygens (including phenoxy) is 3. The molecule has 0 aromatic heterocycles. The molecule has 0 atom stereocenters. The van der Waals surface area contributed by atoms with E-state index >= 15 is 0 Å². The van der Waals surface area contributed by atoms with Crippen LogP contribution in [-0.2, 0) is 16.0 Å². The van der Waals surface area contributed by atoms with Gasteiger partial charge in [0.15, 0.2) is 6.61 Å². The molecular formula is C19H22BrNO4. The summed E-state index contributed by atoms with van der Waals surface area (Å²) in [6.07, 6.45) is 0.949. The predicted octanol–water partition coefficient (Wildman–Crippen LogP) is 4.05. The van der Waals surface area contributed by atoms with Crippen LogP contribution in [0.15, 0.2) is 46.9 Å². The Bertz CT molecular complexity index is 688. The van der Waals surface area contributed by atoms with E-state index in [-0.39, 0.29) is 12.5 Å². The number of anilines is 1. The fraction of sp³-hybridized carbons (Fsp3) is 0.316. The molecule has 0 aliphatic carbocycles. The average molecular weight is 408 g/mol. The van der Waals surface area contributed by atoms with Gasteiger partial charge in [-0.2, -0.15) is 0 Å². The van der Waals surface area contributed by atoms with E-state index in [0.717, 1.165) is 16.6 Å². The summed E-state index contributed by atoms with van der Waals surface area (Å²) in [7, 11) is 1.63. The molecule has 0 heterocycles. The molecule has 0 saturated carbocycles. The van der Waals surface area contributed by atoms with Crippen molar-refractivity contribution < 1.29 is 19.0 Å². The van der Waals surface area contributed by atoms with Crippen LogP contribution in [-0.4, -0.2) is 32.8 Å². The number of methoxy groups -OCH3 is 1. The molecule has 0 fully saturated rings. The number of amides is 1. The van der Waals surface area contributed by atoms with E-state index in [1.165, 1.54) is 5.56 Å². The first-order valence-corrected chi connectivity index (χ1v) is 8.84. The molecule has 2 aromatic carbocycles. The lowest BCUT2D eigenvalue weighted by Gasteiger charge is -2.10. The summed E-state index contributed by atoms with van der Waals surface area (Å²) in [4.78, 5) is 12.0. The first-order valence-electron chi connectivity index (χ1n) is 8.05. The smallest absolute Gasteiger partial charge is 0.262 e. The van der Waals surface area contributed by atoms with Crippen molar-refractivity contribution in [3.05, 3.63) is 52.5 Å². The minimum Gasteiger partial charge on any atom is -0.491 e. The summed E-state index contributed by atoms with van der Waals surface area (Å²) in [5.74, 6) is 1.15. The van der Waals surface area contributed by atoms with Crippen LogP contribution in [0.1, 0.15) is 12.5 Å². The number of hydrogen-bond acceptors (Lipinski definition) is 4. The van der Waals surface area contributed by atoms with Gasteiger partial charge in [-0.3, -0.25) is 4.79 Å². The average Bonchev–Trinajstić information content (AvgIpc) is 2.62. The van der Waals surface area contributed by atoms with E-state index < -0.39 is 0 Å². The molecule has 2 aromatic rings. The Balaban J connectivity index is 1.82. The second-order valence-corrected chi connectivity index (χ2v) is 6.18. The maximum atomic E-state index is 12.0. The highest BCUT2D eigenvalue weighted by molar-refractivity contribution is 9.10. The van der Waals surface area contributed by atoms with Crippen LogP contribution in [0.3, 0.4) is 0 Å².